The van der Waals surface area contributed by atoms with Crippen LogP contribution in [-0.2, 0) is 19.1 Å². The molecule has 0 aliphatic carbocycles. The van der Waals surface area contributed by atoms with E-state index in [0.717, 1.165) is 0 Å². The van der Waals surface area contributed by atoms with Crippen molar-refractivity contribution in [2.24, 2.45) is 0 Å². The number of benzene rings is 1. The van der Waals surface area contributed by atoms with Gasteiger partial charge in [-0.2, -0.15) is 0 Å². The van der Waals surface area contributed by atoms with E-state index in [1.165, 1.54) is 6.92 Å². The summed E-state index contributed by atoms with van der Waals surface area (Å²) in [7, 11) is 0. The van der Waals surface area contributed by atoms with Gasteiger partial charge in [0.1, 0.15) is 31.5 Å². The highest BCUT2D eigenvalue weighted by Crippen LogP contribution is 2.15. The maximum atomic E-state index is 11.5. The van der Waals surface area contributed by atoms with Crippen LogP contribution >= 0.6 is 0 Å². The third-order valence-corrected chi connectivity index (χ3v) is 2.66. The molecule has 0 unspecified atom stereocenters. The molecule has 0 aromatic heterocycles. The Hall–Kier alpha value is -2.89. The van der Waals surface area contributed by atoms with E-state index in [-0.39, 0.29) is 18.9 Å². The lowest BCUT2D eigenvalue weighted by atomic mass is 10.3. The first-order chi connectivity index (χ1) is 12.6. The van der Waals surface area contributed by atoms with E-state index in [4.69, 9.17) is 25.4 Å². The topological polar surface area (TPSA) is 103 Å². The van der Waals surface area contributed by atoms with Gasteiger partial charge in [0.2, 0.25) is 0 Å². The molecule has 2 N–H and O–H groups in total. The molecular formula is C18H24N2O6. The number of anilines is 1. The molecule has 1 rings (SSSR count). The highest BCUT2D eigenvalue weighted by molar-refractivity contribution is 5.92. The number of hydrogen-bond donors (Lipinski definition) is 2. The van der Waals surface area contributed by atoms with Crippen molar-refractivity contribution in [3.8, 4) is 18.1 Å². The predicted molar refractivity (Wildman–Crippen MR) is 97.2 cm³/mol. The van der Waals surface area contributed by atoms with Crippen molar-refractivity contribution in [1.29, 1.82) is 0 Å². The van der Waals surface area contributed by atoms with Gasteiger partial charge in [-0.05, 0) is 31.2 Å². The zero-order valence-corrected chi connectivity index (χ0v) is 14.8. The molecule has 0 fully saturated rings. The minimum absolute atomic E-state index is 0.000796. The van der Waals surface area contributed by atoms with Gasteiger partial charge in [-0.25, -0.2) is 4.79 Å². The Kier molecular flexibility index (Phi) is 13.9. The molecule has 0 atom stereocenters. The normalized spacial score (nSPS) is 9.23. The summed E-state index contributed by atoms with van der Waals surface area (Å²) in [6.45, 7) is 5.45. The van der Waals surface area contributed by atoms with Gasteiger partial charge in [-0.3, -0.25) is 4.79 Å². The monoisotopic (exact) mass is 364 g/mol. The molecule has 26 heavy (non-hydrogen) atoms. The molecule has 0 aliphatic rings. The number of carbonyl (C=O) groups is 3. The number of terminal acetylenes is 1. The van der Waals surface area contributed by atoms with E-state index < -0.39 is 6.03 Å². The molecule has 8 nitrogen and oxygen atoms in total. The summed E-state index contributed by atoms with van der Waals surface area (Å²) >= 11 is 0. The Morgan fingerprint density at radius 2 is 1.69 bits per heavy atom. The molecule has 0 radical (unpaired) electrons. The summed E-state index contributed by atoms with van der Waals surface area (Å²) in [6, 6.07) is 6.45. The van der Waals surface area contributed by atoms with E-state index in [2.05, 4.69) is 16.6 Å². The average Bonchev–Trinajstić information content (AvgIpc) is 2.65. The number of urea groups is 1. The summed E-state index contributed by atoms with van der Waals surface area (Å²) in [5.74, 6) is 2.92. The highest BCUT2D eigenvalue weighted by Gasteiger charge is 2.03. The van der Waals surface area contributed by atoms with Crippen LogP contribution in [0.4, 0.5) is 10.5 Å². The molecule has 1 aromatic carbocycles. The number of rotatable bonds is 11. The molecule has 0 heterocycles. The van der Waals surface area contributed by atoms with Crippen molar-refractivity contribution in [2.75, 3.05) is 44.9 Å². The summed E-state index contributed by atoms with van der Waals surface area (Å²) in [5, 5.41) is 5.06. The van der Waals surface area contributed by atoms with Crippen molar-refractivity contribution in [2.45, 2.75) is 6.92 Å². The Morgan fingerprint density at radius 3 is 2.31 bits per heavy atom. The second-order valence-electron chi connectivity index (χ2n) is 4.75. The van der Waals surface area contributed by atoms with Gasteiger partial charge in [-0.1, -0.05) is 5.92 Å². The largest absolute Gasteiger partial charge is 0.491 e. The Morgan fingerprint density at radius 1 is 1.08 bits per heavy atom. The minimum atomic E-state index is -0.431. The zero-order valence-electron chi connectivity index (χ0n) is 14.8. The van der Waals surface area contributed by atoms with Gasteiger partial charge in [0.25, 0.3) is 0 Å². The van der Waals surface area contributed by atoms with Crippen molar-refractivity contribution < 1.29 is 28.6 Å². The van der Waals surface area contributed by atoms with Gasteiger partial charge < -0.3 is 29.6 Å². The fourth-order valence-electron chi connectivity index (χ4n) is 1.58. The first-order valence-electron chi connectivity index (χ1n) is 7.77. The molecule has 2 amide bonds. The van der Waals surface area contributed by atoms with Crippen LogP contribution in [0, 0.1) is 12.3 Å². The summed E-state index contributed by atoms with van der Waals surface area (Å²) < 4.78 is 15.9. The SMILES string of the molecule is C#CCOCCOCCOc1ccc(NC(=O)NCC(C)=O)cc1.C=O. The second-order valence-corrected chi connectivity index (χ2v) is 4.75. The van der Waals surface area contributed by atoms with Crippen molar-refractivity contribution in [3.05, 3.63) is 24.3 Å². The predicted octanol–water partition coefficient (Wildman–Crippen LogP) is 1.26. The van der Waals surface area contributed by atoms with Crippen LogP contribution in [0.1, 0.15) is 6.92 Å². The fourth-order valence-corrected chi connectivity index (χ4v) is 1.58. The van der Waals surface area contributed by atoms with Crippen LogP contribution in [0.25, 0.3) is 0 Å². The van der Waals surface area contributed by atoms with Crippen molar-refractivity contribution in [3.63, 3.8) is 0 Å². The fraction of sp³-hybridized carbons (Fsp3) is 0.389. The molecule has 142 valence electrons. The van der Waals surface area contributed by atoms with Crippen molar-refractivity contribution in [1.82, 2.24) is 5.32 Å². The van der Waals surface area contributed by atoms with Crippen LogP contribution in [0.3, 0.4) is 0 Å². The second kappa shape index (κ2) is 15.6. The van der Waals surface area contributed by atoms with Gasteiger partial charge in [0, 0.05) is 5.69 Å². The van der Waals surface area contributed by atoms with E-state index in [1.807, 2.05) is 6.79 Å². The smallest absolute Gasteiger partial charge is 0.319 e. The van der Waals surface area contributed by atoms with Crippen LogP contribution < -0.4 is 15.4 Å². The number of ether oxygens (including phenoxy) is 3. The number of Topliss-reactive ketones (excluding diaryl/α,β-unsaturated/α-hetero) is 1. The van der Waals surface area contributed by atoms with Crippen LogP contribution in [0.5, 0.6) is 5.75 Å². The van der Waals surface area contributed by atoms with Crippen LogP contribution in [0.2, 0.25) is 0 Å². The Balaban J connectivity index is 0.00000301. The quantitative estimate of drug-likeness (QED) is 0.453. The maximum absolute atomic E-state index is 11.5. The standard InChI is InChI=1S/C17H22N2O5.CH2O/c1-3-8-22-9-10-23-11-12-24-16-6-4-15(5-7-16)19-17(21)18-13-14(2)20;1-2/h1,4-7H,8-13H2,2H3,(H2,18,19,21);1H2. The van der Waals surface area contributed by atoms with E-state index in [9.17, 15) is 9.59 Å². The summed E-state index contributed by atoms with van der Waals surface area (Å²) in [5.41, 5.74) is 0.602. The molecule has 8 heteroatoms. The first kappa shape index (κ1) is 23.1. The minimum Gasteiger partial charge on any atom is -0.491 e. The molecule has 0 bridgehead atoms. The number of hydrogen-bond acceptors (Lipinski definition) is 6. The van der Waals surface area contributed by atoms with E-state index in [0.29, 0.717) is 37.9 Å². The van der Waals surface area contributed by atoms with Gasteiger partial charge >= 0.3 is 6.03 Å². The molecular weight excluding hydrogens is 340 g/mol. The molecule has 0 saturated heterocycles. The number of ketones is 1. The third kappa shape index (κ3) is 12.5. The Labute approximate surface area is 153 Å². The van der Waals surface area contributed by atoms with Gasteiger partial charge in [0.05, 0.1) is 26.4 Å². The van der Waals surface area contributed by atoms with Crippen LogP contribution in [0.15, 0.2) is 24.3 Å². The zero-order chi connectivity index (χ0) is 19.6. The van der Waals surface area contributed by atoms with E-state index >= 15 is 0 Å². The van der Waals surface area contributed by atoms with Gasteiger partial charge in [-0.15, -0.1) is 6.42 Å². The summed E-state index contributed by atoms with van der Waals surface area (Å²) in [4.78, 5) is 30.3. The Bertz CT molecular complexity index is 568. The molecule has 0 aliphatic heterocycles. The van der Waals surface area contributed by atoms with Crippen LogP contribution in [-0.4, -0.2) is 58.2 Å². The number of carbonyl (C=O) groups excluding carboxylic acids is 3. The molecule has 0 spiro atoms. The molecule has 0 saturated carbocycles. The molecule has 1 aromatic rings. The first-order valence-corrected chi connectivity index (χ1v) is 7.77. The highest BCUT2D eigenvalue weighted by atomic mass is 16.5. The maximum Gasteiger partial charge on any atom is 0.319 e. The van der Waals surface area contributed by atoms with Gasteiger partial charge in [0.15, 0.2) is 0 Å². The van der Waals surface area contributed by atoms with Crippen molar-refractivity contribution >= 4 is 24.3 Å². The number of amides is 2. The third-order valence-electron chi connectivity index (χ3n) is 2.66. The van der Waals surface area contributed by atoms with E-state index in [1.54, 1.807) is 24.3 Å². The summed E-state index contributed by atoms with van der Waals surface area (Å²) in [6.07, 6.45) is 5.04. The lowest BCUT2D eigenvalue weighted by Crippen LogP contribution is -2.32. The number of nitrogens with one attached hydrogen (secondary N) is 2. The lowest BCUT2D eigenvalue weighted by Gasteiger charge is -2.09. The lowest BCUT2D eigenvalue weighted by molar-refractivity contribution is -0.116. The average molecular weight is 364 g/mol.